The van der Waals surface area contributed by atoms with E-state index in [1.54, 1.807) is 44.2 Å². The lowest BCUT2D eigenvalue weighted by Crippen LogP contribution is -2.46. The van der Waals surface area contributed by atoms with Crippen LogP contribution in [0.3, 0.4) is 0 Å². The number of para-hydroxylation sites is 1. The topological polar surface area (TPSA) is 123 Å². The summed E-state index contributed by atoms with van der Waals surface area (Å²) >= 11 is 0. The van der Waals surface area contributed by atoms with Crippen molar-refractivity contribution >= 4 is 37.9 Å². The molecule has 0 bridgehead atoms. The van der Waals surface area contributed by atoms with Gasteiger partial charge in [0.25, 0.3) is 0 Å². The summed E-state index contributed by atoms with van der Waals surface area (Å²) < 4.78 is 39.7. The summed E-state index contributed by atoms with van der Waals surface area (Å²) in [6, 6.07) is 12.7. The van der Waals surface area contributed by atoms with Gasteiger partial charge in [0.05, 0.1) is 10.3 Å². The Bertz CT molecular complexity index is 1620. The number of nitrogens with one attached hydrogen (secondary N) is 1. The molecule has 0 amide bonds. The summed E-state index contributed by atoms with van der Waals surface area (Å²) in [4.78, 5) is 26.1. The third-order valence-corrected chi connectivity index (χ3v) is 7.71. The summed E-state index contributed by atoms with van der Waals surface area (Å²) in [6.07, 6.45) is 0.499. The number of sulfonamides is 1. The molecule has 3 aromatic carbocycles. The Morgan fingerprint density at radius 2 is 1.81 bits per heavy atom. The first kappa shape index (κ1) is 25.4. The molecule has 4 aromatic rings. The van der Waals surface area contributed by atoms with E-state index < -0.39 is 39.1 Å². The fourth-order valence-electron chi connectivity index (χ4n) is 3.92. The van der Waals surface area contributed by atoms with E-state index in [9.17, 15) is 23.1 Å². The van der Waals surface area contributed by atoms with Crippen LogP contribution in [0.5, 0.6) is 11.5 Å². The maximum Gasteiger partial charge on any atom is 0.329 e. The molecule has 0 aliphatic rings. The zero-order chi connectivity index (χ0) is 26.2. The zero-order valence-corrected chi connectivity index (χ0v) is 21.2. The Morgan fingerprint density at radius 1 is 1.11 bits per heavy atom. The first-order valence-corrected chi connectivity index (χ1v) is 13.0. The van der Waals surface area contributed by atoms with E-state index in [-0.39, 0.29) is 21.6 Å². The number of carbonyl (C=O) groups excluding carboxylic acids is 1. The minimum Gasteiger partial charge on any atom is -0.507 e. The molecule has 4 rings (SSSR count). The quantitative estimate of drug-likeness (QED) is 0.213. The Kier molecular flexibility index (Phi) is 6.88. The Morgan fingerprint density at radius 3 is 2.47 bits per heavy atom. The molecule has 0 spiro atoms. The second kappa shape index (κ2) is 9.75. The van der Waals surface area contributed by atoms with Crippen molar-refractivity contribution in [3.05, 3.63) is 75.9 Å². The fraction of sp³-hybridized carbons (Fsp3) is 0.259. The van der Waals surface area contributed by atoms with Crippen molar-refractivity contribution < 1.29 is 27.5 Å². The summed E-state index contributed by atoms with van der Waals surface area (Å²) in [5.41, 5.74) is 1.63. The highest BCUT2D eigenvalue weighted by atomic mass is 32.2. The molecule has 0 aliphatic carbocycles. The third kappa shape index (κ3) is 4.84. The molecule has 8 nitrogen and oxygen atoms in total. The van der Waals surface area contributed by atoms with E-state index in [2.05, 4.69) is 4.72 Å². The average Bonchev–Trinajstić information content (AvgIpc) is 2.83. The van der Waals surface area contributed by atoms with Crippen LogP contribution in [0.15, 0.2) is 68.7 Å². The lowest BCUT2D eigenvalue weighted by Gasteiger charge is -2.22. The molecule has 2 atom stereocenters. The van der Waals surface area contributed by atoms with E-state index >= 15 is 0 Å². The molecule has 9 heteroatoms. The number of aryl methyl sites for hydroxylation is 2. The Hall–Kier alpha value is -3.69. The van der Waals surface area contributed by atoms with Crippen LogP contribution in [0.1, 0.15) is 31.4 Å². The number of hydrogen-bond donors (Lipinski definition) is 2. The predicted octanol–water partition coefficient (Wildman–Crippen LogP) is 4.57. The van der Waals surface area contributed by atoms with Gasteiger partial charge < -0.3 is 14.3 Å². The summed E-state index contributed by atoms with van der Waals surface area (Å²) in [5, 5.41) is 10.9. The monoisotopic (exact) mass is 509 g/mol. The van der Waals surface area contributed by atoms with Gasteiger partial charge in [-0.3, -0.25) is 4.79 Å². The van der Waals surface area contributed by atoms with Crippen LogP contribution >= 0.6 is 0 Å². The van der Waals surface area contributed by atoms with Crippen molar-refractivity contribution in [2.45, 2.75) is 45.1 Å². The highest BCUT2D eigenvalue weighted by molar-refractivity contribution is 7.89. The van der Waals surface area contributed by atoms with Gasteiger partial charge in [-0.15, -0.1) is 0 Å². The van der Waals surface area contributed by atoms with Gasteiger partial charge in [-0.05, 0) is 43.5 Å². The number of hydrogen-bond acceptors (Lipinski definition) is 7. The van der Waals surface area contributed by atoms with Crippen molar-refractivity contribution in [3.63, 3.8) is 0 Å². The molecular weight excluding hydrogens is 482 g/mol. The molecule has 0 saturated carbocycles. The molecule has 1 heterocycles. The van der Waals surface area contributed by atoms with Gasteiger partial charge in [-0.1, -0.05) is 50.1 Å². The van der Waals surface area contributed by atoms with Crippen molar-refractivity contribution in [1.29, 1.82) is 0 Å². The van der Waals surface area contributed by atoms with E-state index in [0.717, 1.165) is 17.2 Å². The van der Waals surface area contributed by atoms with Crippen molar-refractivity contribution in [2.75, 3.05) is 0 Å². The molecule has 0 aliphatic heterocycles. The highest BCUT2D eigenvalue weighted by Crippen LogP contribution is 2.32. The van der Waals surface area contributed by atoms with E-state index in [0.29, 0.717) is 17.4 Å². The minimum absolute atomic E-state index is 0.0292. The van der Waals surface area contributed by atoms with Gasteiger partial charge in [0, 0.05) is 12.1 Å². The SMILES string of the molecule is CC[C@H](C)[C@@H](NS(=O)(=O)c1ccc(C)cc1)C(=O)Oc1cc(O)c2c(=O)c3cccc(C)c3oc2c1. The lowest BCUT2D eigenvalue weighted by atomic mass is 10.0. The first-order valence-electron chi connectivity index (χ1n) is 11.5. The van der Waals surface area contributed by atoms with Gasteiger partial charge in [-0.25, -0.2) is 13.2 Å². The van der Waals surface area contributed by atoms with Gasteiger partial charge in [-0.2, -0.15) is 4.72 Å². The Labute approximate surface area is 208 Å². The molecule has 0 saturated heterocycles. The normalized spacial score (nSPS) is 13.6. The number of carbonyl (C=O) groups is 1. The minimum atomic E-state index is -4.01. The number of ether oxygens (including phenoxy) is 1. The largest absolute Gasteiger partial charge is 0.507 e. The summed E-state index contributed by atoms with van der Waals surface area (Å²) in [5.74, 6) is -1.73. The third-order valence-electron chi connectivity index (χ3n) is 6.25. The average molecular weight is 510 g/mol. The molecule has 36 heavy (non-hydrogen) atoms. The summed E-state index contributed by atoms with van der Waals surface area (Å²) in [7, 11) is -4.01. The molecule has 1 aromatic heterocycles. The number of phenolic OH excluding ortho intramolecular Hbond substituents is 1. The van der Waals surface area contributed by atoms with Gasteiger partial charge in [0.1, 0.15) is 34.1 Å². The second-order valence-electron chi connectivity index (χ2n) is 8.92. The molecule has 2 N–H and O–H groups in total. The first-order chi connectivity index (χ1) is 17.0. The number of esters is 1. The van der Waals surface area contributed by atoms with Crippen LogP contribution in [-0.4, -0.2) is 25.5 Å². The Balaban J connectivity index is 1.69. The predicted molar refractivity (Wildman–Crippen MR) is 137 cm³/mol. The van der Waals surface area contributed by atoms with Crippen LogP contribution in [0.4, 0.5) is 0 Å². The smallest absolute Gasteiger partial charge is 0.329 e. The number of rotatable bonds is 7. The van der Waals surface area contributed by atoms with E-state index in [1.165, 1.54) is 18.2 Å². The molecule has 188 valence electrons. The molecule has 0 radical (unpaired) electrons. The summed E-state index contributed by atoms with van der Waals surface area (Å²) in [6.45, 7) is 7.19. The van der Waals surface area contributed by atoms with Crippen molar-refractivity contribution in [1.82, 2.24) is 4.72 Å². The van der Waals surface area contributed by atoms with Crippen molar-refractivity contribution in [2.24, 2.45) is 5.92 Å². The maximum atomic E-state index is 13.1. The molecular formula is C27H27NO7S. The van der Waals surface area contributed by atoms with E-state index in [4.69, 9.17) is 9.15 Å². The second-order valence-corrected chi connectivity index (χ2v) is 10.6. The highest BCUT2D eigenvalue weighted by Gasteiger charge is 2.31. The van der Waals surface area contributed by atoms with Gasteiger partial charge >= 0.3 is 5.97 Å². The molecule has 0 fully saturated rings. The van der Waals surface area contributed by atoms with Crippen LogP contribution in [0, 0.1) is 19.8 Å². The number of aromatic hydroxyl groups is 1. The molecule has 0 unspecified atom stereocenters. The number of fused-ring (bicyclic) bond motifs is 2. The fourth-order valence-corrected chi connectivity index (χ4v) is 5.21. The van der Waals surface area contributed by atoms with Crippen LogP contribution in [0.25, 0.3) is 21.9 Å². The van der Waals surface area contributed by atoms with Gasteiger partial charge in [0.15, 0.2) is 0 Å². The maximum absolute atomic E-state index is 13.1. The van der Waals surface area contributed by atoms with Crippen LogP contribution < -0.4 is 14.9 Å². The van der Waals surface area contributed by atoms with Crippen LogP contribution in [-0.2, 0) is 14.8 Å². The van der Waals surface area contributed by atoms with Crippen LogP contribution in [0.2, 0.25) is 0 Å². The standard InChI is InChI=1S/C27H27NO7S/c1-5-16(3)24(28-36(32,33)19-11-9-15(2)10-12-19)27(31)34-18-13-21(29)23-22(14-18)35-26-17(4)7-6-8-20(26)25(23)30/h6-14,16,24,28-29H,5H2,1-4H3/t16-,24+/m0/s1. The van der Waals surface area contributed by atoms with Crippen molar-refractivity contribution in [3.8, 4) is 11.5 Å². The lowest BCUT2D eigenvalue weighted by molar-refractivity contribution is -0.137. The number of benzene rings is 3. The number of phenols is 1. The van der Waals surface area contributed by atoms with E-state index in [1.807, 2.05) is 13.8 Å². The van der Waals surface area contributed by atoms with Gasteiger partial charge in [0.2, 0.25) is 15.5 Å². The zero-order valence-electron chi connectivity index (χ0n) is 20.4.